The molecule has 256 valence electrons. The highest BCUT2D eigenvalue weighted by molar-refractivity contribution is 5.91. The highest BCUT2D eigenvalue weighted by Crippen LogP contribution is 2.38. The van der Waals surface area contributed by atoms with Crippen molar-refractivity contribution in [1.29, 1.82) is 0 Å². The second kappa shape index (κ2) is 15.0. The van der Waals surface area contributed by atoms with Crippen LogP contribution in [0, 0.1) is 6.92 Å². The van der Waals surface area contributed by atoms with Crippen LogP contribution < -0.4 is 5.32 Å². The van der Waals surface area contributed by atoms with Crippen LogP contribution in [0.3, 0.4) is 0 Å². The quantitative estimate of drug-likeness (QED) is 0.128. The molecule has 6 aromatic rings. The molecule has 1 aliphatic heterocycles. The predicted octanol–water partition coefficient (Wildman–Crippen LogP) is 5.95. The third-order valence-corrected chi connectivity index (χ3v) is 8.39. The Kier molecular flexibility index (Phi) is 9.75. The molecule has 1 fully saturated rings. The minimum absolute atomic E-state index is 0.278. The van der Waals surface area contributed by atoms with Gasteiger partial charge in [0.15, 0.2) is 35.4 Å². The van der Waals surface area contributed by atoms with Crippen LogP contribution in [0.2, 0.25) is 0 Å². The van der Waals surface area contributed by atoms with Gasteiger partial charge in [0.1, 0.15) is 24.9 Å². The number of esters is 3. The molecule has 0 bridgehead atoms. The van der Waals surface area contributed by atoms with E-state index in [-0.39, 0.29) is 17.7 Å². The molecule has 4 aromatic carbocycles. The first-order valence-electron chi connectivity index (χ1n) is 16.3. The van der Waals surface area contributed by atoms with Crippen molar-refractivity contribution in [3.05, 3.63) is 156 Å². The van der Waals surface area contributed by atoms with E-state index in [9.17, 15) is 14.4 Å². The lowest BCUT2D eigenvalue weighted by Crippen LogP contribution is -2.41. The first-order chi connectivity index (χ1) is 25.0. The predicted molar refractivity (Wildman–Crippen MR) is 186 cm³/mol. The summed E-state index contributed by atoms with van der Waals surface area (Å²) >= 11 is 0. The highest BCUT2D eigenvalue weighted by Gasteiger charge is 2.52. The summed E-state index contributed by atoms with van der Waals surface area (Å²) < 4.78 is 26.2. The molecule has 1 aliphatic rings. The number of rotatable bonds is 11. The Hall–Kier alpha value is -6.40. The van der Waals surface area contributed by atoms with Crippen molar-refractivity contribution >= 4 is 34.9 Å². The van der Waals surface area contributed by atoms with Gasteiger partial charge in [-0.05, 0) is 48.9 Å². The Balaban J connectivity index is 1.26. The normalized spacial score (nSPS) is 18.2. The second-order valence-corrected chi connectivity index (χ2v) is 11.8. The van der Waals surface area contributed by atoms with E-state index < -0.39 is 42.4 Å². The molecule has 12 nitrogen and oxygen atoms in total. The molecule has 1 N–H and O–H groups in total. The largest absolute Gasteiger partial charge is 0.459 e. The summed E-state index contributed by atoms with van der Waals surface area (Å²) in [5.74, 6) is -0.985. The second-order valence-electron chi connectivity index (χ2n) is 11.8. The number of anilines is 1. The SMILES string of the molecule is Cc1nc2c(NCc3ccccc3)ncnc2n1[C@@H]1O[C@H](COC(=O)c2ccccc2)[C@@H](OC(=O)c2ccccc2)[C@H]1OC(=O)c1ccccc1. The van der Waals surface area contributed by atoms with Crippen molar-refractivity contribution < 1.29 is 33.3 Å². The average molecular weight is 684 g/mol. The number of hydrogen-bond donors (Lipinski definition) is 1. The number of aryl methyl sites for hydroxylation is 1. The van der Waals surface area contributed by atoms with E-state index in [0.717, 1.165) is 5.56 Å². The Bertz CT molecular complexity index is 2130. The molecule has 0 saturated carbocycles. The number of carbonyl (C=O) groups is 3. The van der Waals surface area contributed by atoms with Crippen molar-refractivity contribution in [3.63, 3.8) is 0 Å². The van der Waals surface area contributed by atoms with Gasteiger partial charge in [-0.25, -0.2) is 29.3 Å². The van der Waals surface area contributed by atoms with E-state index in [2.05, 4.69) is 15.3 Å². The van der Waals surface area contributed by atoms with E-state index in [1.165, 1.54) is 6.33 Å². The van der Waals surface area contributed by atoms with Gasteiger partial charge in [-0.2, -0.15) is 0 Å². The lowest BCUT2D eigenvalue weighted by atomic mass is 10.1. The number of ether oxygens (including phenoxy) is 4. The van der Waals surface area contributed by atoms with Gasteiger partial charge in [0, 0.05) is 6.54 Å². The smallest absolute Gasteiger partial charge is 0.338 e. The van der Waals surface area contributed by atoms with Crippen LogP contribution in [-0.4, -0.2) is 62.3 Å². The van der Waals surface area contributed by atoms with E-state index in [1.54, 1.807) is 102 Å². The fraction of sp³-hybridized carbons (Fsp3) is 0.179. The Labute approximate surface area is 293 Å². The van der Waals surface area contributed by atoms with Gasteiger partial charge in [-0.1, -0.05) is 84.9 Å². The third kappa shape index (κ3) is 7.31. The minimum atomic E-state index is -1.22. The van der Waals surface area contributed by atoms with Gasteiger partial charge in [0.05, 0.1) is 16.7 Å². The number of carbonyl (C=O) groups excluding carboxylic acids is 3. The summed E-state index contributed by atoms with van der Waals surface area (Å²) in [6, 6.07) is 35.2. The number of hydrogen-bond acceptors (Lipinski definition) is 11. The lowest BCUT2D eigenvalue weighted by Gasteiger charge is -2.25. The molecule has 2 aromatic heterocycles. The van der Waals surface area contributed by atoms with Crippen LogP contribution in [0.4, 0.5) is 5.82 Å². The first-order valence-corrected chi connectivity index (χ1v) is 16.3. The number of nitrogens with one attached hydrogen (secondary N) is 1. The molecular formula is C39H33N5O7. The van der Waals surface area contributed by atoms with E-state index in [1.807, 2.05) is 30.3 Å². The number of nitrogens with zero attached hydrogens (tertiary/aromatic N) is 4. The first kappa shape index (κ1) is 33.1. The molecule has 0 amide bonds. The maximum absolute atomic E-state index is 13.6. The van der Waals surface area contributed by atoms with Crippen LogP contribution in [0.1, 0.15) is 48.7 Å². The summed E-state index contributed by atoms with van der Waals surface area (Å²) in [7, 11) is 0. The fourth-order valence-electron chi connectivity index (χ4n) is 5.90. The van der Waals surface area contributed by atoms with Gasteiger partial charge in [-0.3, -0.25) is 4.57 Å². The van der Waals surface area contributed by atoms with E-state index in [4.69, 9.17) is 23.9 Å². The van der Waals surface area contributed by atoms with Crippen molar-refractivity contribution in [3.8, 4) is 0 Å². The van der Waals surface area contributed by atoms with Crippen molar-refractivity contribution in [2.45, 2.75) is 38.0 Å². The van der Waals surface area contributed by atoms with Crippen molar-refractivity contribution in [2.24, 2.45) is 0 Å². The molecule has 0 radical (unpaired) electrons. The maximum atomic E-state index is 13.6. The molecule has 0 unspecified atom stereocenters. The third-order valence-electron chi connectivity index (χ3n) is 8.39. The monoisotopic (exact) mass is 683 g/mol. The van der Waals surface area contributed by atoms with Gasteiger partial charge >= 0.3 is 17.9 Å². The van der Waals surface area contributed by atoms with Crippen molar-refractivity contribution in [2.75, 3.05) is 11.9 Å². The lowest BCUT2D eigenvalue weighted by molar-refractivity contribution is -0.0613. The van der Waals surface area contributed by atoms with Gasteiger partial charge in [0.25, 0.3) is 0 Å². The Morgan fingerprint density at radius 2 is 1.24 bits per heavy atom. The fourth-order valence-corrected chi connectivity index (χ4v) is 5.90. The maximum Gasteiger partial charge on any atom is 0.338 e. The van der Waals surface area contributed by atoms with Crippen LogP contribution in [-0.2, 0) is 25.5 Å². The van der Waals surface area contributed by atoms with Crippen LogP contribution in [0.25, 0.3) is 11.2 Å². The van der Waals surface area contributed by atoms with E-state index in [0.29, 0.717) is 34.9 Å². The molecule has 7 rings (SSSR count). The van der Waals surface area contributed by atoms with Crippen LogP contribution in [0.15, 0.2) is 128 Å². The number of imidazole rings is 1. The highest BCUT2D eigenvalue weighted by atomic mass is 16.7. The van der Waals surface area contributed by atoms with Gasteiger partial charge < -0.3 is 24.3 Å². The molecule has 0 aliphatic carbocycles. The molecule has 12 heteroatoms. The summed E-state index contributed by atoms with van der Waals surface area (Å²) in [5.41, 5.74) is 2.79. The van der Waals surface area contributed by atoms with Crippen LogP contribution in [0.5, 0.6) is 0 Å². The molecular weight excluding hydrogens is 650 g/mol. The number of fused-ring (bicyclic) bond motifs is 1. The molecule has 1 saturated heterocycles. The van der Waals surface area contributed by atoms with E-state index >= 15 is 0 Å². The molecule has 3 heterocycles. The number of benzene rings is 4. The minimum Gasteiger partial charge on any atom is -0.459 e. The van der Waals surface area contributed by atoms with Gasteiger partial charge in [0.2, 0.25) is 0 Å². The molecule has 4 atom stereocenters. The molecule has 51 heavy (non-hydrogen) atoms. The summed E-state index contributed by atoms with van der Waals surface area (Å²) in [4.78, 5) is 54.0. The summed E-state index contributed by atoms with van der Waals surface area (Å²) in [6.45, 7) is 1.93. The summed E-state index contributed by atoms with van der Waals surface area (Å²) in [6.07, 6.45) is -3.20. The standard InChI is InChI=1S/C39H33N5O7/c1-25-43-31-34(40-22-26-14-6-2-7-15-26)41-24-42-35(31)44(25)36-33(51-39(47)29-20-12-5-13-21-29)32(50-38(46)28-18-10-4-11-19-28)30(49-36)23-48-37(45)27-16-8-3-9-17-27/h2-21,24,30,32-33,36H,22-23H2,1H3,(H,40,41,42)/t30-,32-,33-,36-/m1/s1. The average Bonchev–Trinajstić information content (AvgIpc) is 3.69. The Morgan fingerprint density at radius 3 is 1.82 bits per heavy atom. The topological polar surface area (TPSA) is 144 Å². The molecule has 0 spiro atoms. The van der Waals surface area contributed by atoms with Crippen molar-refractivity contribution in [1.82, 2.24) is 19.5 Å². The zero-order valence-corrected chi connectivity index (χ0v) is 27.5. The zero-order valence-electron chi connectivity index (χ0n) is 27.5. The number of aromatic nitrogens is 4. The Morgan fingerprint density at radius 1 is 0.706 bits per heavy atom. The summed E-state index contributed by atoms with van der Waals surface area (Å²) in [5, 5.41) is 3.33. The van der Waals surface area contributed by atoms with Crippen LogP contribution >= 0.6 is 0 Å². The van der Waals surface area contributed by atoms with Gasteiger partial charge in [-0.15, -0.1) is 0 Å². The zero-order chi connectivity index (χ0) is 35.2.